The lowest BCUT2D eigenvalue weighted by atomic mass is 9.74. The van der Waals surface area contributed by atoms with Crippen LogP contribution in [0.15, 0.2) is 0 Å². The van der Waals surface area contributed by atoms with Gasteiger partial charge in [-0.15, -0.1) is 0 Å². The zero-order valence-corrected chi connectivity index (χ0v) is 10.6. The molecule has 0 aliphatic carbocycles. The maximum atomic E-state index is 5.96. The van der Waals surface area contributed by atoms with Crippen molar-refractivity contribution >= 4 is 0 Å². The number of hydrogen-bond acceptors (Lipinski definition) is 1. The molecule has 0 radical (unpaired) electrons. The Morgan fingerprint density at radius 3 is 1.79 bits per heavy atom. The second kappa shape index (κ2) is 4.65. The van der Waals surface area contributed by atoms with Crippen molar-refractivity contribution in [2.75, 3.05) is 6.61 Å². The van der Waals surface area contributed by atoms with Gasteiger partial charge in [0.25, 0.3) is 0 Å². The normalized spacial score (nSPS) is 33.6. The van der Waals surface area contributed by atoms with Gasteiger partial charge in [0.15, 0.2) is 0 Å². The first-order valence-corrected chi connectivity index (χ1v) is 6.06. The minimum Gasteiger partial charge on any atom is -0.377 e. The van der Waals surface area contributed by atoms with Gasteiger partial charge in [-0.05, 0) is 29.6 Å². The van der Waals surface area contributed by atoms with Gasteiger partial charge in [0, 0.05) is 0 Å². The van der Waals surface area contributed by atoms with Crippen molar-refractivity contribution in [1.82, 2.24) is 0 Å². The molecule has 1 saturated heterocycles. The topological polar surface area (TPSA) is 9.23 Å². The van der Waals surface area contributed by atoms with E-state index < -0.39 is 0 Å². The van der Waals surface area contributed by atoms with Crippen molar-refractivity contribution in [2.24, 2.45) is 29.6 Å². The summed E-state index contributed by atoms with van der Waals surface area (Å²) in [7, 11) is 0. The molecule has 3 atom stereocenters. The molecule has 0 aromatic carbocycles. The van der Waals surface area contributed by atoms with E-state index in [0.717, 1.165) is 30.3 Å². The van der Waals surface area contributed by atoms with Gasteiger partial charge in [0.05, 0.1) is 12.7 Å². The van der Waals surface area contributed by atoms with E-state index in [4.69, 9.17) is 4.74 Å². The Bertz CT molecular complexity index is 156. The van der Waals surface area contributed by atoms with Crippen LogP contribution in [0, 0.1) is 29.6 Å². The van der Waals surface area contributed by atoms with Gasteiger partial charge in [0.1, 0.15) is 0 Å². The zero-order chi connectivity index (χ0) is 10.9. The summed E-state index contributed by atoms with van der Waals surface area (Å²) in [5.41, 5.74) is 0. The van der Waals surface area contributed by atoms with E-state index in [-0.39, 0.29) is 0 Å². The lowest BCUT2D eigenvalue weighted by Crippen LogP contribution is -2.31. The highest BCUT2D eigenvalue weighted by atomic mass is 16.5. The van der Waals surface area contributed by atoms with Crippen molar-refractivity contribution in [3.05, 3.63) is 0 Å². The van der Waals surface area contributed by atoms with Crippen LogP contribution in [0.25, 0.3) is 0 Å². The highest BCUT2D eigenvalue weighted by Crippen LogP contribution is 2.40. The van der Waals surface area contributed by atoms with E-state index in [2.05, 4.69) is 41.5 Å². The van der Waals surface area contributed by atoms with Crippen LogP contribution in [-0.2, 0) is 4.74 Å². The third kappa shape index (κ3) is 2.31. The van der Waals surface area contributed by atoms with Crippen LogP contribution < -0.4 is 0 Å². The van der Waals surface area contributed by atoms with Crippen LogP contribution >= 0.6 is 0 Å². The van der Waals surface area contributed by atoms with E-state index in [1.807, 2.05) is 0 Å². The minimum atomic E-state index is 0.488. The van der Waals surface area contributed by atoms with E-state index in [0.29, 0.717) is 12.0 Å². The summed E-state index contributed by atoms with van der Waals surface area (Å²) in [6, 6.07) is 0. The Morgan fingerprint density at radius 2 is 1.43 bits per heavy atom. The summed E-state index contributed by atoms with van der Waals surface area (Å²) in [4.78, 5) is 0. The molecule has 0 amide bonds. The smallest absolute Gasteiger partial charge is 0.0632 e. The van der Waals surface area contributed by atoms with Crippen molar-refractivity contribution in [2.45, 2.75) is 47.6 Å². The second-order valence-corrected chi connectivity index (χ2v) is 5.77. The summed E-state index contributed by atoms with van der Waals surface area (Å²) in [5.74, 6) is 3.69. The largest absolute Gasteiger partial charge is 0.377 e. The molecule has 1 heteroatoms. The van der Waals surface area contributed by atoms with Crippen molar-refractivity contribution < 1.29 is 4.74 Å². The van der Waals surface area contributed by atoms with Crippen LogP contribution in [0.1, 0.15) is 41.5 Å². The maximum Gasteiger partial charge on any atom is 0.0632 e. The predicted octanol–water partition coefficient (Wildman–Crippen LogP) is 3.59. The van der Waals surface area contributed by atoms with E-state index >= 15 is 0 Å². The molecular weight excluding hydrogens is 172 g/mol. The molecule has 14 heavy (non-hydrogen) atoms. The highest BCUT2D eigenvalue weighted by molar-refractivity contribution is 4.88. The minimum absolute atomic E-state index is 0.488. The van der Waals surface area contributed by atoms with Crippen LogP contribution in [0.2, 0.25) is 0 Å². The monoisotopic (exact) mass is 198 g/mol. The number of rotatable bonds is 3. The molecule has 1 fully saturated rings. The van der Waals surface area contributed by atoms with Gasteiger partial charge in [-0.2, -0.15) is 0 Å². The van der Waals surface area contributed by atoms with Crippen LogP contribution in [0.3, 0.4) is 0 Å². The van der Waals surface area contributed by atoms with E-state index in [1.165, 1.54) is 0 Å². The second-order valence-electron chi connectivity index (χ2n) is 5.77. The summed E-state index contributed by atoms with van der Waals surface area (Å²) in [6.45, 7) is 14.9. The fourth-order valence-electron chi connectivity index (χ4n) is 2.84. The Balaban J connectivity index is 2.74. The molecule has 0 saturated carbocycles. The number of hydrogen-bond donors (Lipinski definition) is 0. The van der Waals surface area contributed by atoms with Crippen LogP contribution in [-0.4, -0.2) is 12.7 Å². The molecule has 1 rings (SSSR count). The van der Waals surface area contributed by atoms with Crippen molar-refractivity contribution in [1.29, 1.82) is 0 Å². The third-order valence-corrected chi connectivity index (χ3v) is 3.64. The summed E-state index contributed by atoms with van der Waals surface area (Å²) in [6.07, 6.45) is 0.488. The molecule has 0 N–H and O–H groups in total. The van der Waals surface area contributed by atoms with E-state index in [9.17, 15) is 0 Å². The van der Waals surface area contributed by atoms with Crippen LogP contribution in [0.5, 0.6) is 0 Å². The molecule has 1 aliphatic heterocycles. The van der Waals surface area contributed by atoms with Crippen molar-refractivity contribution in [3.63, 3.8) is 0 Å². The van der Waals surface area contributed by atoms with Gasteiger partial charge in [0.2, 0.25) is 0 Å². The lowest BCUT2D eigenvalue weighted by molar-refractivity contribution is 0.0434. The van der Waals surface area contributed by atoms with Crippen LogP contribution in [0.4, 0.5) is 0 Å². The molecule has 1 aliphatic rings. The average Bonchev–Trinajstić information content (AvgIpc) is 2.46. The quantitative estimate of drug-likeness (QED) is 0.673. The average molecular weight is 198 g/mol. The first-order chi connectivity index (χ1) is 6.45. The molecule has 0 bridgehead atoms. The molecule has 84 valence electrons. The Labute approximate surface area is 89.2 Å². The van der Waals surface area contributed by atoms with Gasteiger partial charge in [-0.3, -0.25) is 0 Å². The fourth-order valence-corrected chi connectivity index (χ4v) is 2.84. The van der Waals surface area contributed by atoms with Gasteiger partial charge >= 0.3 is 0 Å². The Morgan fingerprint density at radius 1 is 0.857 bits per heavy atom. The summed E-state index contributed by atoms with van der Waals surface area (Å²) in [5, 5.41) is 0. The highest BCUT2D eigenvalue weighted by Gasteiger charge is 2.41. The van der Waals surface area contributed by atoms with Gasteiger partial charge < -0.3 is 4.74 Å². The van der Waals surface area contributed by atoms with Gasteiger partial charge in [-0.25, -0.2) is 0 Å². The molecule has 0 aromatic rings. The predicted molar refractivity (Wildman–Crippen MR) is 61.2 cm³/mol. The van der Waals surface area contributed by atoms with Crippen molar-refractivity contribution in [3.8, 4) is 0 Å². The first-order valence-electron chi connectivity index (χ1n) is 6.06. The van der Waals surface area contributed by atoms with E-state index in [1.54, 1.807) is 0 Å². The van der Waals surface area contributed by atoms with Gasteiger partial charge in [-0.1, -0.05) is 41.5 Å². The molecule has 0 aromatic heterocycles. The summed E-state index contributed by atoms with van der Waals surface area (Å²) < 4.78 is 5.96. The molecule has 0 spiro atoms. The fraction of sp³-hybridized carbons (Fsp3) is 1.00. The molecule has 1 nitrogen and oxygen atoms in total. The third-order valence-electron chi connectivity index (χ3n) is 3.64. The zero-order valence-electron chi connectivity index (χ0n) is 10.6. The maximum absolute atomic E-state index is 5.96. The number of ether oxygens (including phenoxy) is 1. The molecular formula is C13H26O. The standard InChI is InChI=1S/C13H26O/c1-8(2)11-7-14-13(10(5)6)12(11)9(3)4/h8-13H,7H2,1-6H3. The molecule has 1 heterocycles. The summed E-state index contributed by atoms with van der Waals surface area (Å²) >= 11 is 0. The SMILES string of the molecule is CC(C)C1COC(C(C)C)C1C(C)C. The first kappa shape index (κ1) is 12.0. The Kier molecular flexibility index (Phi) is 4.00. The Hall–Kier alpha value is -0.0400. The molecule has 3 unspecified atom stereocenters. The lowest BCUT2D eigenvalue weighted by Gasteiger charge is -2.30.